The number of hydrogen-bond donors (Lipinski definition) is 1. The number of nitrogens with two attached hydrogens (primary N) is 1. The Bertz CT molecular complexity index is 879. The molecule has 1 aliphatic rings. The van der Waals surface area contributed by atoms with Crippen molar-refractivity contribution in [2.45, 2.75) is 6.54 Å². The molecule has 0 aliphatic carbocycles. The van der Waals surface area contributed by atoms with E-state index >= 15 is 0 Å². The molecule has 0 radical (unpaired) electrons. The molecule has 2 aromatic heterocycles. The Morgan fingerprint density at radius 3 is 2.65 bits per heavy atom. The molecule has 1 saturated heterocycles. The number of aliphatic imine (C=N–C) groups is 1. The van der Waals surface area contributed by atoms with Gasteiger partial charge in [0.05, 0.1) is 0 Å². The van der Waals surface area contributed by atoms with Gasteiger partial charge in [0.2, 0.25) is 0 Å². The minimum absolute atomic E-state index is 0.223. The van der Waals surface area contributed by atoms with E-state index in [-0.39, 0.29) is 5.82 Å². The maximum atomic E-state index is 13.0. The van der Waals surface area contributed by atoms with Crippen molar-refractivity contribution in [2.75, 3.05) is 31.1 Å². The summed E-state index contributed by atoms with van der Waals surface area (Å²) in [7, 11) is 0. The van der Waals surface area contributed by atoms with Gasteiger partial charge in [0.25, 0.3) is 5.78 Å². The second-order valence-corrected chi connectivity index (χ2v) is 6.02. The van der Waals surface area contributed by atoms with Crippen LogP contribution in [-0.4, -0.2) is 56.6 Å². The van der Waals surface area contributed by atoms with Crippen LogP contribution in [0.2, 0.25) is 0 Å². The van der Waals surface area contributed by atoms with Gasteiger partial charge in [-0.25, -0.2) is 18.9 Å². The van der Waals surface area contributed by atoms with E-state index in [1.165, 1.54) is 12.1 Å². The fraction of sp³-hybridized carbons (Fsp3) is 0.294. The smallest absolute Gasteiger partial charge is 0.252 e. The van der Waals surface area contributed by atoms with Crippen LogP contribution in [0.4, 0.5) is 10.1 Å². The quantitative estimate of drug-likeness (QED) is 0.555. The molecule has 0 bridgehead atoms. The van der Waals surface area contributed by atoms with E-state index in [9.17, 15) is 4.39 Å². The average Bonchev–Trinajstić information content (AvgIpc) is 3.10. The molecule has 9 heteroatoms. The van der Waals surface area contributed by atoms with E-state index in [4.69, 9.17) is 5.73 Å². The van der Waals surface area contributed by atoms with Crippen molar-refractivity contribution in [1.29, 1.82) is 0 Å². The van der Waals surface area contributed by atoms with Crippen molar-refractivity contribution >= 4 is 17.4 Å². The molecule has 4 rings (SSSR count). The number of aromatic nitrogens is 4. The summed E-state index contributed by atoms with van der Waals surface area (Å²) in [5, 5.41) is 4.31. The number of piperazine rings is 1. The average molecular weight is 354 g/mol. The highest BCUT2D eigenvalue weighted by atomic mass is 19.1. The van der Waals surface area contributed by atoms with E-state index in [2.05, 4.69) is 25.0 Å². The number of anilines is 1. The molecule has 2 N–H and O–H groups in total. The molecule has 134 valence electrons. The lowest BCUT2D eigenvalue weighted by Gasteiger charge is -2.36. The number of hydrogen-bond acceptors (Lipinski definition) is 5. The SMILES string of the molecule is NC(=NCc1nc2ncccn2n1)N1CCN(c2ccc(F)cc2)CC1. The molecule has 3 heterocycles. The normalized spacial score (nSPS) is 15.7. The van der Waals surface area contributed by atoms with E-state index in [0.29, 0.717) is 24.1 Å². The van der Waals surface area contributed by atoms with Gasteiger partial charge >= 0.3 is 0 Å². The second kappa shape index (κ2) is 6.95. The van der Waals surface area contributed by atoms with Gasteiger partial charge in [-0.05, 0) is 30.3 Å². The molecule has 0 atom stereocenters. The van der Waals surface area contributed by atoms with E-state index in [1.807, 2.05) is 4.90 Å². The zero-order chi connectivity index (χ0) is 17.9. The maximum Gasteiger partial charge on any atom is 0.252 e. The van der Waals surface area contributed by atoms with Gasteiger partial charge in [-0.15, -0.1) is 5.10 Å². The molecule has 1 fully saturated rings. The molecule has 26 heavy (non-hydrogen) atoms. The third-order valence-electron chi connectivity index (χ3n) is 4.34. The third-order valence-corrected chi connectivity index (χ3v) is 4.34. The monoisotopic (exact) mass is 354 g/mol. The molecule has 1 aliphatic heterocycles. The van der Waals surface area contributed by atoms with Gasteiger partial charge in [0.1, 0.15) is 12.4 Å². The van der Waals surface area contributed by atoms with Crippen LogP contribution >= 0.6 is 0 Å². The highest BCUT2D eigenvalue weighted by molar-refractivity contribution is 5.78. The molecule has 3 aromatic rings. The highest BCUT2D eigenvalue weighted by Gasteiger charge is 2.18. The number of guanidine groups is 1. The molecule has 0 amide bonds. The van der Waals surface area contributed by atoms with Crippen LogP contribution in [0.5, 0.6) is 0 Å². The van der Waals surface area contributed by atoms with E-state index in [0.717, 1.165) is 31.9 Å². The molecular formula is C17H19FN8. The van der Waals surface area contributed by atoms with E-state index < -0.39 is 0 Å². The first-order chi connectivity index (χ1) is 12.7. The minimum atomic E-state index is -0.223. The lowest BCUT2D eigenvalue weighted by molar-refractivity contribution is 0.380. The van der Waals surface area contributed by atoms with Crippen LogP contribution in [0.3, 0.4) is 0 Å². The summed E-state index contributed by atoms with van der Waals surface area (Å²) in [5.74, 6) is 1.39. The maximum absolute atomic E-state index is 13.0. The number of halogens is 1. The van der Waals surface area contributed by atoms with Crippen LogP contribution in [-0.2, 0) is 6.54 Å². The van der Waals surface area contributed by atoms with Crippen LogP contribution in [0.25, 0.3) is 5.78 Å². The largest absolute Gasteiger partial charge is 0.370 e. The molecule has 0 unspecified atom stereocenters. The van der Waals surface area contributed by atoms with Gasteiger partial charge in [-0.3, -0.25) is 0 Å². The van der Waals surface area contributed by atoms with Crippen LogP contribution in [0.1, 0.15) is 5.82 Å². The predicted octanol–water partition coefficient (Wildman–Crippen LogP) is 0.900. The summed E-state index contributed by atoms with van der Waals surface area (Å²) < 4.78 is 14.7. The molecule has 1 aromatic carbocycles. The van der Waals surface area contributed by atoms with Crippen molar-refractivity contribution in [3.8, 4) is 0 Å². The van der Waals surface area contributed by atoms with Crippen LogP contribution < -0.4 is 10.6 Å². The zero-order valence-electron chi connectivity index (χ0n) is 14.2. The fourth-order valence-corrected chi connectivity index (χ4v) is 2.94. The van der Waals surface area contributed by atoms with Crippen molar-refractivity contribution in [1.82, 2.24) is 24.5 Å². The topological polar surface area (TPSA) is 87.9 Å². The number of fused-ring (bicyclic) bond motifs is 1. The van der Waals surface area contributed by atoms with Gasteiger partial charge < -0.3 is 15.5 Å². The Labute approximate surface area is 149 Å². The number of rotatable bonds is 3. The lowest BCUT2D eigenvalue weighted by Crippen LogP contribution is -2.51. The standard InChI is InChI=1S/C17H19FN8/c18-13-2-4-14(5-3-13)24-8-10-25(11-9-24)16(19)21-12-15-22-17-20-6-1-7-26(17)23-15/h1-7H,8-12H2,(H2,19,21). The van der Waals surface area contributed by atoms with Crippen molar-refractivity contribution in [2.24, 2.45) is 10.7 Å². The first-order valence-electron chi connectivity index (χ1n) is 8.41. The fourth-order valence-electron chi connectivity index (χ4n) is 2.94. The molecule has 0 spiro atoms. The molecule has 8 nitrogen and oxygen atoms in total. The Hall–Kier alpha value is -3.23. The summed E-state index contributed by atoms with van der Waals surface area (Å²) in [5.41, 5.74) is 7.14. The van der Waals surface area contributed by atoms with Crippen LogP contribution in [0.15, 0.2) is 47.7 Å². The lowest BCUT2D eigenvalue weighted by atomic mass is 10.2. The summed E-state index contributed by atoms with van der Waals surface area (Å²) in [6.45, 7) is 3.43. The predicted molar refractivity (Wildman–Crippen MR) is 96.3 cm³/mol. The van der Waals surface area contributed by atoms with Gasteiger partial charge in [-0.1, -0.05) is 0 Å². The van der Waals surface area contributed by atoms with Gasteiger partial charge in [-0.2, -0.15) is 4.98 Å². The summed E-state index contributed by atoms with van der Waals surface area (Å²) >= 11 is 0. The van der Waals surface area contributed by atoms with Crippen molar-refractivity contribution < 1.29 is 4.39 Å². The minimum Gasteiger partial charge on any atom is -0.370 e. The Balaban J connectivity index is 1.36. The Morgan fingerprint density at radius 2 is 1.92 bits per heavy atom. The Kier molecular flexibility index (Phi) is 4.34. The van der Waals surface area contributed by atoms with Crippen LogP contribution in [0, 0.1) is 5.82 Å². The molecular weight excluding hydrogens is 335 g/mol. The first-order valence-corrected chi connectivity index (χ1v) is 8.41. The van der Waals surface area contributed by atoms with Gasteiger partial charge in [0.15, 0.2) is 11.8 Å². The zero-order valence-corrected chi connectivity index (χ0v) is 14.2. The summed E-state index contributed by atoms with van der Waals surface area (Å²) in [6.07, 6.45) is 3.46. The highest BCUT2D eigenvalue weighted by Crippen LogP contribution is 2.16. The Morgan fingerprint density at radius 1 is 1.15 bits per heavy atom. The summed E-state index contributed by atoms with van der Waals surface area (Å²) in [6, 6.07) is 8.35. The first kappa shape index (κ1) is 16.2. The second-order valence-electron chi connectivity index (χ2n) is 6.02. The third kappa shape index (κ3) is 3.41. The number of benzene rings is 1. The summed E-state index contributed by atoms with van der Waals surface area (Å²) in [4.78, 5) is 17.1. The number of nitrogens with zero attached hydrogens (tertiary/aromatic N) is 7. The van der Waals surface area contributed by atoms with Crippen molar-refractivity contribution in [3.05, 3.63) is 54.4 Å². The van der Waals surface area contributed by atoms with Gasteiger partial charge in [0, 0.05) is 44.3 Å². The van der Waals surface area contributed by atoms with Crippen molar-refractivity contribution in [3.63, 3.8) is 0 Å². The van der Waals surface area contributed by atoms with E-state index in [1.54, 1.807) is 35.1 Å². The molecule has 0 saturated carbocycles.